The number of nitriles is 1. The number of aromatic nitrogens is 1. The number of nitrogens with zero attached hydrogens (tertiary/aromatic N) is 3. The number of fused-ring (bicyclic) bond motifs is 3. The average molecular weight is 708 g/mol. The van der Waals surface area contributed by atoms with Crippen LogP contribution < -0.4 is 24.4 Å². The molecule has 0 amide bonds. The van der Waals surface area contributed by atoms with Crippen LogP contribution in [0.25, 0.3) is 11.8 Å². The number of hydrogen-bond acceptors (Lipinski definition) is 6. The molecule has 4 aromatic carbocycles. The molecule has 7 rings (SSSR count). The molecule has 2 heterocycles. The average Bonchev–Trinajstić information content (AvgIpc) is 3.37. The number of ether oxygens (including phenoxy) is 2. The van der Waals surface area contributed by atoms with E-state index in [4.69, 9.17) is 14.5 Å². The van der Waals surface area contributed by atoms with Gasteiger partial charge in [0.05, 0.1) is 38.6 Å². The predicted octanol–water partition coefficient (Wildman–Crippen LogP) is 6.38. The number of benzene rings is 4. The van der Waals surface area contributed by atoms with Crippen molar-refractivity contribution >= 4 is 45.7 Å². The van der Waals surface area contributed by atoms with Crippen molar-refractivity contribution in [3.63, 3.8) is 0 Å². The van der Waals surface area contributed by atoms with Gasteiger partial charge in [-0.1, -0.05) is 84.1 Å². The van der Waals surface area contributed by atoms with Gasteiger partial charge in [-0.25, -0.2) is 4.99 Å². The lowest BCUT2D eigenvalue weighted by Gasteiger charge is -2.30. The Morgan fingerprint density at radius 3 is 2.64 bits per heavy atom. The van der Waals surface area contributed by atoms with Gasteiger partial charge in [0.25, 0.3) is 5.56 Å². The molecule has 1 aromatic heterocycles. The molecular formula is C36H26IN3O3S. The van der Waals surface area contributed by atoms with Gasteiger partial charge in [0.2, 0.25) is 0 Å². The molecule has 5 aromatic rings. The molecule has 216 valence electrons. The maximum atomic E-state index is 14.1. The Bertz CT molecular complexity index is 2180. The van der Waals surface area contributed by atoms with Gasteiger partial charge >= 0.3 is 0 Å². The zero-order valence-electron chi connectivity index (χ0n) is 23.8. The third-order valence-electron chi connectivity index (χ3n) is 8.05. The summed E-state index contributed by atoms with van der Waals surface area (Å²) in [5.74, 6) is 1.15. The first-order chi connectivity index (χ1) is 21.6. The van der Waals surface area contributed by atoms with Crippen LogP contribution in [0.1, 0.15) is 45.8 Å². The van der Waals surface area contributed by atoms with Crippen LogP contribution in [0.5, 0.6) is 11.5 Å². The molecule has 0 bridgehead atoms. The van der Waals surface area contributed by atoms with Gasteiger partial charge in [-0.3, -0.25) is 9.36 Å². The summed E-state index contributed by atoms with van der Waals surface area (Å²) >= 11 is 3.63. The van der Waals surface area contributed by atoms with E-state index in [1.165, 1.54) is 22.5 Å². The Kier molecular flexibility index (Phi) is 7.66. The summed E-state index contributed by atoms with van der Waals surface area (Å²) in [6.45, 7) is 0.237. The molecule has 44 heavy (non-hydrogen) atoms. The van der Waals surface area contributed by atoms with Gasteiger partial charge in [-0.15, -0.1) is 0 Å². The molecule has 0 radical (unpaired) electrons. The highest BCUT2D eigenvalue weighted by Gasteiger charge is 2.32. The molecule has 1 atom stereocenters. The Hall–Kier alpha value is -4.46. The lowest BCUT2D eigenvalue weighted by atomic mass is 9.83. The van der Waals surface area contributed by atoms with Crippen molar-refractivity contribution in [1.82, 2.24) is 4.57 Å². The Morgan fingerprint density at radius 2 is 1.82 bits per heavy atom. The van der Waals surface area contributed by atoms with Gasteiger partial charge in [-0.2, -0.15) is 5.26 Å². The standard InChI is InChI=1S/C36H26IN3O3S/c1-42-30-18-22(17-29(37)34(30)43-21-26-13-6-5-12-25(26)20-38)19-31-35(41)40-33(24-10-3-2-4-11-24)28-16-15-23-9-7-8-14-27(23)32(28)39-36(40)44-31/h2-14,17-19,33H,15-16,21H2,1H3/b31-19-/t33-/m1/s1. The normalized spacial score (nSPS) is 15.5. The van der Waals surface area contributed by atoms with Crippen molar-refractivity contribution in [3.05, 3.63) is 153 Å². The molecule has 8 heteroatoms. The van der Waals surface area contributed by atoms with Gasteiger partial charge in [0.15, 0.2) is 16.3 Å². The Labute approximate surface area is 272 Å². The summed E-state index contributed by atoms with van der Waals surface area (Å²) in [6, 6.07) is 31.9. The Balaban J connectivity index is 1.32. The Morgan fingerprint density at radius 1 is 1.05 bits per heavy atom. The zero-order valence-corrected chi connectivity index (χ0v) is 26.8. The van der Waals surface area contributed by atoms with E-state index in [0.717, 1.165) is 44.4 Å². The molecule has 0 fully saturated rings. The van der Waals surface area contributed by atoms with Crippen molar-refractivity contribution in [2.75, 3.05) is 7.11 Å². The summed E-state index contributed by atoms with van der Waals surface area (Å²) in [4.78, 5) is 19.9. The van der Waals surface area contributed by atoms with Crippen molar-refractivity contribution in [3.8, 4) is 17.6 Å². The number of halogens is 1. The van der Waals surface area contributed by atoms with E-state index in [2.05, 4.69) is 65.1 Å². The van der Waals surface area contributed by atoms with Crippen LogP contribution in [0.15, 0.2) is 106 Å². The predicted molar refractivity (Wildman–Crippen MR) is 180 cm³/mol. The lowest BCUT2D eigenvalue weighted by Crippen LogP contribution is -2.38. The van der Waals surface area contributed by atoms with E-state index in [1.54, 1.807) is 13.2 Å². The van der Waals surface area contributed by atoms with Crippen LogP contribution in [0.3, 0.4) is 0 Å². The molecule has 0 spiro atoms. The van der Waals surface area contributed by atoms with Crippen LogP contribution in [0.4, 0.5) is 0 Å². The van der Waals surface area contributed by atoms with E-state index in [0.29, 0.717) is 26.4 Å². The van der Waals surface area contributed by atoms with Crippen LogP contribution in [-0.2, 0) is 13.0 Å². The molecular weight excluding hydrogens is 681 g/mol. The topological polar surface area (TPSA) is 76.6 Å². The SMILES string of the molecule is COc1cc(/C=c2\sc3n(c2=O)[C@H](c2ccccc2)C2=C(N=3)c3ccccc3CC2)cc(I)c1OCc1ccccc1C#N. The third kappa shape index (κ3) is 5.06. The second-order valence-corrected chi connectivity index (χ2v) is 12.8. The van der Waals surface area contributed by atoms with Crippen molar-refractivity contribution < 1.29 is 9.47 Å². The number of rotatable bonds is 6. The van der Waals surface area contributed by atoms with Crippen molar-refractivity contribution in [2.45, 2.75) is 25.5 Å². The molecule has 1 aliphatic heterocycles. The first-order valence-corrected chi connectivity index (χ1v) is 16.1. The fourth-order valence-electron chi connectivity index (χ4n) is 5.98. The van der Waals surface area contributed by atoms with Crippen molar-refractivity contribution in [2.24, 2.45) is 4.99 Å². The van der Waals surface area contributed by atoms with Gasteiger partial charge in [0, 0.05) is 11.1 Å². The van der Waals surface area contributed by atoms with Gasteiger partial charge < -0.3 is 9.47 Å². The monoisotopic (exact) mass is 707 g/mol. The van der Waals surface area contributed by atoms with Crippen LogP contribution in [0.2, 0.25) is 0 Å². The highest BCUT2D eigenvalue weighted by molar-refractivity contribution is 14.1. The highest BCUT2D eigenvalue weighted by atomic mass is 127. The highest BCUT2D eigenvalue weighted by Crippen LogP contribution is 2.41. The minimum absolute atomic E-state index is 0.0598. The zero-order chi connectivity index (χ0) is 30.2. The van der Waals surface area contributed by atoms with E-state index >= 15 is 0 Å². The van der Waals surface area contributed by atoms with E-state index in [1.807, 2.05) is 59.2 Å². The van der Waals surface area contributed by atoms with Crippen LogP contribution in [0, 0.1) is 14.9 Å². The van der Waals surface area contributed by atoms with E-state index in [-0.39, 0.29) is 18.2 Å². The second kappa shape index (κ2) is 11.9. The first kappa shape index (κ1) is 28.3. The number of aryl methyl sites for hydroxylation is 1. The second-order valence-electron chi connectivity index (χ2n) is 10.6. The molecule has 0 saturated heterocycles. The molecule has 0 saturated carbocycles. The fourth-order valence-corrected chi connectivity index (χ4v) is 7.76. The molecule has 6 nitrogen and oxygen atoms in total. The summed E-state index contributed by atoms with van der Waals surface area (Å²) in [5.41, 5.74) is 7.85. The van der Waals surface area contributed by atoms with E-state index in [9.17, 15) is 10.1 Å². The van der Waals surface area contributed by atoms with Crippen LogP contribution >= 0.6 is 33.9 Å². The summed E-state index contributed by atoms with van der Waals surface area (Å²) in [7, 11) is 1.60. The number of hydrogen-bond donors (Lipinski definition) is 0. The third-order valence-corrected chi connectivity index (χ3v) is 9.83. The maximum absolute atomic E-state index is 14.1. The summed E-state index contributed by atoms with van der Waals surface area (Å²) < 4.78 is 15.2. The lowest BCUT2D eigenvalue weighted by molar-refractivity contribution is 0.282. The summed E-state index contributed by atoms with van der Waals surface area (Å²) in [6.07, 6.45) is 3.68. The number of methoxy groups -OCH3 is 1. The maximum Gasteiger partial charge on any atom is 0.271 e. The van der Waals surface area contributed by atoms with Gasteiger partial charge in [-0.05, 0) is 82.0 Å². The molecule has 2 aliphatic rings. The molecule has 0 unspecified atom stereocenters. The smallest absolute Gasteiger partial charge is 0.271 e. The number of thiazole rings is 1. The molecule has 1 aliphatic carbocycles. The van der Waals surface area contributed by atoms with Crippen molar-refractivity contribution in [1.29, 1.82) is 5.26 Å². The minimum atomic E-state index is -0.209. The quantitative estimate of drug-likeness (QED) is 0.192. The molecule has 0 N–H and O–H groups in total. The summed E-state index contributed by atoms with van der Waals surface area (Å²) in [5, 5.41) is 9.44. The van der Waals surface area contributed by atoms with E-state index < -0.39 is 0 Å². The largest absolute Gasteiger partial charge is 0.493 e. The number of allylic oxidation sites excluding steroid dienone is 1. The minimum Gasteiger partial charge on any atom is -0.493 e. The first-order valence-electron chi connectivity index (χ1n) is 14.2. The van der Waals surface area contributed by atoms with Crippen LogP contribution in [-0.4, -0.2) is 11.7 Å². The van der Waals surface area contributed by atoms with Gasteiger partial charge in [0.1, 0.15) is 6.61 Å². The fraction of sp³-hybridized carbons (Fsp3) is 0.139.